The highest BCUT2D eigenvalue weighted by Crippen LogP contribution is 2.37. The first-order chi connectivity index (χ1) is 7.18. The highest BCUT2D eigenvalue weighted by Gasteiger charge is 2.34. The molecule has 1 aliphatic carbocycles. The number of thioether (sulfide) groups is 2. The SMILES string of the molecule is CC1(C)CCCC1NCC1CSCCS1. The van der Waals surface area contributed by atoms with Crippen molar-refractivity contribution in [3.8, 4) is 0 Å². The van der Waals surface area contributed by atoms with E-state index in [9.17, 15) is 0 Å². The Hall–Kier alpha value is 0.660. The second-order valence-electron chi connectivity index (χ2n) is 5.41. The lowest BCUT2D eigenvalue weighted by Gasteiger charge is -2.30. The van der Waals surface area contributed by atoms with Crippen LogP contribution in [0.15, 0.2) is 0 Å². The van der Waals surface area contributed by atoms with E-state index in [1.54, 1.807) is 0 Å². The first-order valence-electron chi connectivity index (χ1n) is 6.11. The zero-order chi connectivity index (χ0) is 10.7. The van der Waals surface area contributed by atoms with Crippen LogP contribution in [-0.4, -0.2) is 35.1 Å². The number of nitrogens with one attached hydrogen (secondary N) is 1. The Balaban J connectivity index is 1.72. The summed E-state index contributed by atoms with van der Waals surface area (Å²) in [5.74, 6) is 4.06. The molecule has 1 heterocycles. The van der Waals surface area contributed by atoms with Crippen LogP contribution in [0.25, 0.3) is 0 Å². The summed E-state index contributed by atoms with van der Waals surface area (Å²) in [4.78, 5) is 0. The summed E-state index contributed by atoms with van der Waals surface area (Å²) in [6.45, 7) is 6.06. The van der Waals surface area contributed by atoms with Crippen LogP contribution in [0.1, 0.15) is 33.1 Å². The fourth-order valence-corrected chi connectivity index (χ4v) is 5.26. The third-order valence-corrected chi connectivity index (χ3v) is 6.58. The maximum atomic E-state index is 3.81. The lowest BCUT2D eigenvalue weighted by Crippen LogP contribution is -2.42. The molecule has 2 unspecified atom stereocenters. The molecule has 88 valence electrons. The van der Waals surface area contributed by atoms with Gasteiger partial charge in [-0.2, -0.15) is 23.5 Å². The van der Waals surface area contributed by atoms with Crippen LogP contribution in [0.3, 0.4) is 0 Å². The summed E-state index contributed by atoms with van der Waals surface area (Å²) in [7, 11) is 0. The van der Waals surface area contributed by atoms with Crippen LogP contribution in [0, 0.1) is 5.41 Å². The van der Waals surface area contributed by atoms with Gasteiger partial charge in [0.1, 0.15) is 0 Å². The fraction of sp³-hybridized carbons (Fsp3) is 1.00. The molecule has 1 saturated heterocycles. The Morgan fingerprint density at radius 1 is 1.33 bits per heavy atom. The molecule has 0 spiro atoms. The summed E-state index contributed by atoms with van der Waals surface area (Å²) in [6, 6.07) is 0.769. The second-order valence-corrected chi connectivity index (χ2v) is 7.97. The molecule has 0 aromatic rings. The van der Waals surface area contributed by atoms with Crippen LogP contribution in [-0.2, 0) is 0 Å². The molecule has 15 heavy (non-hydrogen) atoms. The van der Waals surface area contributed by atoms with Crippen LogP contribution in [0.5, 0.6) is 0 Å². The van der Waals surface area contributed by atoms with E-state index in [0.29, 0.717) is 5.41 Å². The van der Waals surface area contributed by atoms with Gasteiger partial charge < -0.3 is 5.32 Å². The van der Waals surface area contributed by atoms with Crippen LogP contribution in [0.4, 0.5) is 0 Å². The van der Waals surface area contributed by atoms with E-state index in [1.807, 2.05) is 0 Å². The summed E-state index contributed by atoms with van der Waals surface area (Å²) in [5, 5.41) is 4.67. The lowest BCUT2D eigenvalue weighted by atomic mass is 9.87. The monoisotopic (exact) mass is 245 g/mol. The number of rotatable bonds is 3. The molecule has 1 aliphatic heterocycles. The molecule has 0 bridgehead atoms. The molecule has 3 heteroatoms. The maximum absolute atomic E-state index is 3.81. The highest BCUT2D eigenvalue weighted by atomic mass is 32.2. The van der Waals surface area contributed by atoms with E-state index in [2.05, 4.69) is 42.7 Å². The molecule has 0 aromatic carbocycles. The minimum absolute atomic E-state index is 0.534. The van der Waals surface area contributed by atoms with Crippen molar-refractivity contribution in [3.63, 3.8) is 0 Å². The quantitative estimate of drug-likeness (QED) is 0.821. The smallest absolute Gasteiger partial charge is 0.0263 e. The van der Waals surface area contributed by atoms with E-state index in [0.717, 1.165) is 11.3 Å². The Morgan fingerprint density at radius 3 is 2.80 bits per heavy atom. The minimum Gasteiger partial charge on any atom is -0.312 e. The van der Waals surface area contributed by atoms with Gasteiger partial charge in [0.2, 0.25) is 0 Å². The summed E-state index contributed by atoms with van der Waals surface area (Å²) in [5.41, 5.74) is 0.534. The van der Waals surface area contributed by atoms with Crippen LogP contribution in [0.2, 0.25) is 0 Å². The topological polar surface area (TPSA) is 12.0 Å². The molecule has 0 radical (unpaired) electrons. The van der Waals surface area contributed by atoms with E-state index in [-0.39, 0.29) is 0 Å². The molecule has 2 atom stereocenters. The normalized spacial score (nSPS) is 35.6. The van der Waals surface area contributed by atoms with Gasteiger partial charge in [0, 0.05) is 35.1 Å². The molecule has 2 rings (SSSR count). The van der Waals surface area contributed by atoms with Gasteiger partial charge in [0.15, 0.2) is 0 Å². The predicted molar refractivity (Wildman–Crippen MR) is 73.0 cm³/mol. The number of hydrogen-bond acceptors (Lipinski definition) is 3. The van der Waals surface area contributed by atoms with E-state index in [4.69, 9.17) is 0 Å². The maximum Gasteiger partial charge on any atom is 0.0263 e. The number of hydrogen-bond donors (Lipinski definition) is 1. The van der Waals surface area contributed by atoms with Gasteiger partial charge in [-0.15, -0.1) is 0 Å². The summed E-state index contributed by atoms with van der Waals surface area (Å²) < 4.78 is 0. The largest absolute Gasteiger partial charge is 0.312 e. The third-order valence-electron chi connectivity index (χ3n) is 3.73. The molecule has 2 fully saturated rings. The van der Waals surface area contributed by atoms with Crippen molar-refractivity contribution < 1.29 is 0 Å². The van der Waals surface area contributed by atoms with Crippen molar-refractivity contribution in [1.29, 1.82) is 0 Å². The molecular formula is C12H23NS2. The lowest BCUT2D eigenvalue weighted by molar-refractivity contribution is 0.285. The van der Waals surface area contributed by atoms with Crippen molar-refractivity contribution in [1.82, 2.24) is 5.32 Å². The average Bonchev–Trinajstić information content (AvgIpc) is 2.56. The van der Waals surface area contributed by atoms with Crippen molar-refractivity contribution in [2.75, 3.05) is 23.8 Å². The van der Waals surface area contributed by atoms with Gasteiger partial charge in [0.25, 0.3) is 0 Å². The van der Waals surface area contributed by atoms with E-state index >= 15 is 0 Å². The Bertz CT molecular complexity index is 200. The van der Waals surface area contributed by atoms with E-state index in [1.165, 1.54) is 43.1 Å². The minimum atomic E-state index is 0.534. The van der Waals surface area contributed by atoms with Crippen molar-refractivity contribution in [3.05, 3.63) is 0 Å². The molecule has 1 N–H and O–H groups in total. The van der Waals surface area contributed by atoms with Gasteiger partial charge in [0.05, 0.1) is 0 Å². The van der Waals surface area contributed by atoms with E-state index < -0.39 is 0 Å². The van der Waals surface area contributed by atoms with Gasteiger partial charge in [-0.3, -0.25) is 0 Å². The Labute approximate surface area is 103 Å². The molecular weight excluding hydrogens is 222 g/mol. The molecule has 2 aliphatic rings. The Kier molecular flexibility index (Phi) is 4.31. The van der Waals surface area contributed by atoms with Gasteiger partial charge in [-0.05, 0) is 18.3 Å². The first-order valence-corrected chi connectivity index (χ1v) is 8.31. The molecule has 0 amide bonds. The van der Waals surface area contributed by atoms with Gasteiger partial charge in [-0.1, -0.05) is 20.3 Å². The second kappa shape index (κ2) is 5.33. The zero-order valence-electron chi connectivity index (χ0n) is 9.92. The van der Waals surface area contributed by atoms with Crippen LogP contribution < -0.4 is 5.32 Å². The molecule has 0 aromatic heterocycles. The fourth-order valence-electron chi connectivity index (χ4n) is 2.63. The Morgan fingerprint density at radius 2 is 2.20 bits per heavy atom. The third kappa shape index (κ3) is 3.31. The molecule has 1 saturated carbocycles. The van der Waals surface area contributed by atoms with Gasteiger partial charge in [-0.25, -0.2) is 0 Å². The van der Waals surface area contributed by atoms with Crippen LogP contribution >= 0.6 is 23.5 Å². The zero-order valence-corrected chi connectivity index (χ0v) is 11.6. The standard InChI is InChI=1S/C12H23NS2/c1-12(2)5-3-4-11(12)13-8-10-9-14-6-7-15-10/h10-11,13H,3-9H2,1-2H3. The summed E-state index contributed by atoms with van der Waals surface area (Å²) in [6.07, 6.45) is 4.20. The average molecular weight is 245 g/mol. The van der Waals surface area contributed by atoms with Crippen molar-refractivity contribution in [2.24, 2.45) is 5.41 Å². The van der Waals surface area contributed by atoms with Gasteiger partial charge >= 0.3 is 0 Å². The highest BCUT2D eigenvalue weighted by molar-refractivity contribution is 8.06. The predicted octanol–water partition coefficient (Wildman–Crippen LogP) is 3.00. The van der Waals surface area contributed by atoms with Crippen molar-refractivity contribution >= 4 is 23.5 Å². The van der Waals surface area contributed by atoms with Crippen molar-refractivity contribution in [2.45, 2.75) is 44.4 Å². The molecule has 1 nitrogen and oxygen atoms in total. The summed E-state index contributed by atoms with van der Waals surface area (Å²) >= 11 is 4.29. The first kappa shape index (κ1) is 12.1.